The molecule has 4 aliphatic carbocycles. The molecule has 2 amide bonds. The summed E-state index contributed by atoms with van der Waals surface area (Å²) in [6.45, 7) is 9.77. The van der Waals surface area contributed by atoms with Crippen molar-refractivity contribution in [1.29, 1.82) is 0 Å². The summed E-state index contributed by atoms with van der Waals surface area (Å²) in [7, 11) is 2.31. The van der Waals surface area contributed by atoms with E-state index in [0.29, 0.717) is 19.3 Å². The Bertz CT molecular complexity index is 1780. The lowest BCUT2D eigenvalue weighted by Gasteiger charge is -2.59. The minimum absolute atomic E-state index is 0.0144. The number of Topliss-reactive ketones (excluding diaryl/α,β-unsaturated/α-hetero) is 1. The minimum atomic E-state index is -1.85. The first-order chi connectivity index (χ1) is 30.2. The largest absolute Gasteiger partial charge is 0.508 e. The summed E-state index contributed by atoms with van der Waals surface area (Å²) in [5.41, 5.74) is -0.346. The van der Waals surface area contributed by atoms with Crippen LogP contribution in [0.15, 0.2) is 36.0 Å². The molecule has 0 radical (unpaired) electrons. The van der Waals surface area contributed by atoms with Crippen molar-refractivity contribution < 1.29 is 78.7 Å². The van der Waals surface area contributed by atoms with Gasteiger partial charge in [0, 0.05) is 47.1 Å². The molecule has 0 bridgehead atoms. The number of carbonyl (C=O) groups is 5. The van der Waals surface area contributed by atoms with Gasteiger partial charge in [-0.15, -0.1) is 0 Å². The molecule has 5 rings (SSSR count). The van der Waals surface area contributed by atoms with Crippen LogP contribution < -0.4 is 10.6 Å². The lowest BCUT2D eigenvalue weighted by Crippen LogP contribution is -2.63. The highest BCUT2D eigenvalue weighted by Crippen LogP contribution is 2.70. The molecule has 5 aliphatic rings. The van der Waals surface area contributed by atoms with Crippen LogP contribution in [0.3, 0.4) is 0 Å². The Hall–Kier alpha value is -3.05. The number of carboxylic acid groups (broad SMARTS) is 1. The van der Waals surface area contributed by atoms with Crippen molar-refractivity contribution in [3.63, 3.8) is 0 Å². The molecule has 1 heterocycles. The molecule has 0 aromatic rings. The fraction of sp³-hybridized carbons (Fsp3) is 0.750. The number of aliphatic carboxylic acids is 1. The monoisotopic (exact) mass is 942 g/mol. The maximum absolute atomic E-state index is 14.4. The van der Waals surface area contributed by atoms with Gasteiger partial charge in [-0.2, -0.15) is 0 Å². The summed E-state index contributed by atoms with van der Waals surface area (Å²) in [5.74, 6) is -3.45. The van der Waals surface area contributed by atoms with Crippen LogP contribution in [0.1, 0.15) is 79.1 Å². The molecule has 0 spiro atoms. The van der Waals surface area contributed by atoms with Crippen LogP contribution in [-0.2, 0) is 38.1 Å². The smallest absolute Gasteiger partial charge is 0.480 e. The Morgan fingerprint density at radius 3 is 2.47 bits per heavy atom. The Morgan fingerprint density at radius 2 is 1.78 bits per heavy atom. The Balaban J connectivity index is 1.05. The van der Waals surface area contributed by atoms with Crippen LogP contribution in [0, 0.1) is 34.5 Å². The zero-order valence-electron chi connectivity index (χ0n) is 36.9. The van der Waals surface area contributed by atoms with Gasteiger partial charge in [-0.05, 0) is 55.9 Å². The number of ketones is 1. The second-order valence-corrected chi connectivity index (χ2v) is 20.8. The minimum Gasteiger partial charge on any atom is -0.480 e. The van der Waals surface area contributed by atoms with Crippen LogP contribution in [0.2, 0.25) is 0 Å². The molecule has 18 nitrogen and oxygen atoms in total. The van der Waals surface area contributed by atoms with Gasteiger partial charge in [0.05, 0.1) is 24.9 Å². The van der Waals surface area contributed by atoms with Crippen molar-refractivity contribution in [2.45, 2.75) is 134 Å². The predicted molar refractivity (Wildman–Crippen MR) is 234 cm³/mol. The van der Waals surface area contributed by atoms with Crippen LogP contribution in [-0.4, -0.2) is 158 Å². The van der Waals surface area contributed by atoms with E-state index < -0.39 is 115 Å². The molecule has 360 valence electrons. The third-order valence-corrected chi connectivity index (χ3v) is 16.4. The number of aliphatic hydroxyl groups excluding tert-OH is 6. The van der Waals surface area contributed by atoms with E-state index in [2.05, 4.69) is 36.3 Å². The topological polar surface area (TPSA) is 288 Å². The fourth-order valence-electron chi connectivity index (χ4n) is 10.6. The zero-order chi connectivity index (χ0) is 47.1. The Labute approximate surface area is 381 Å². The molecule has 0 aromatic carbocycles. The SMILES string of the molecule is C=C1C=C[C@@]2(C)C(=C1)CC[C@@H]1[C@@H]2[C@@H](O)C[C@@]2(C)[C@H]1C[C@H]1OC(CCC)O[C@]12C(=O)COC(=O)OCCSSC[C@H](NC(=O)[C@@H](C)CCC(=O)NC[C@H](O)[C@@H](O)[C@H](O)[C@H](O)CO)C(=O)O. The summed E-state index contributed by atoms with van der Waals surface area (Å²) >= 11 is 0. The number of hydrogen-bond acceptors (Lipinski definition) is 17. The van der Waals surface area contributed by atoms with Gasteiger partial charge < -0.3 is 65.3 Å². The highest BCUT2D eigenvalue weighted by Gasteiger charge is 2.76. The highest BCUT2D eigenvalue weighted by molar-refractivity contribution is 8.76. The number of carbonyl (C=O) groups excluding carboxylic acids is 4. The zero-order valence-corrected chi connectivity index (χ0v) is 38.5. The van der Waals surface area contributed by atoms with Crippen molar-refractivity contribution in [3.05, 3.63) is 36.0 Å². The molecule has 0 aromatic heterocycles. The first kappa shape index (κ1) is 51.9. The number of fused-ring (bicyclic) bond motifs is 7. The van der Waals surface area contributed by atoms with Gasteiger partial charge in [0.2, 0.25) is 17.6 Å². The van der Waals surface area contributed by atoms with E-state index in [0.717, 1.165) is 35.6 Å². The maximum Gasteiger partial charge on any atom is 0.508 e. The van der Waals surface area contributed by atoms with E-state index in [-0.39, 0.29) is 54.1 Å². The molecule has 9 N–H and O–H groups in total. The number of nitrogens with one attached hydrogen (secondary N) is 2. The summed E-state index contributed by atoms with van der Waals surface area (Å²) in [4.78, 5) is 64.0. The normalized spacial score (nSPS) is 33.2. The van der Waals surface area contributed by atoms with Crippen LogP contribution in [0.5, 0.6) is 0 Å². The van der Waals surface area contributed by atoms with Crippen molar-refractivity contribution in [1.82, 2.24) is 10.6 Å². The van der Waals surface area contributed by atoms with Crippen LogP contribution in [0.25, 0.3) is 0 Å². The second kappa shape index (κ2) is 22.2. The van der Waals surface area contributed by atoms with Gasteiger partial charge in [-0.25, -0.2) is 9.59 Å². The summed E-state index contributed by atoms with van der Waals surface area (Å²) < 4.78 is 23.7. The van der Waals surface area contributed by atoms with Crippen molar-refractivity contribution in [3.8, 4) is 0 Å². The molecular formula is C44H66N2O16S2. The molecule has 3 saturated carbocycles. The number of aliphatic hydroxyl groups is 6. The molecule has 4 fully saturated rings. The van der Waals surface area contributed by atoms with Gasteiger partial charge in [0.25, 0.3) is 0 Å². The number of amides is 2. The lowest BCUT2D eigenvalue weighted by atomic mass is 9.46. The predicted octanol–water partition coefficient (Wildman–Crippen LogP) is 1.78. The fourth-order valence-corrected chi connectivity index (χ4v) is 12.6. The third-order valence-electron chi connectivity index (χ3n) is 14.0. The number of hydrogen-bond donors (Lipinski definition) is 9. The quantitative estimate of drug-likeness (QED) is 0.0401. The van der Waals surface area contributed by atoms with Gasteiger partial charge >= 0.3 is 12.1 Å². The molecule has 15 atom stereocenters. The Morgan fingerprint density at radius 1 is 1.06 bits per heavy atom. The van der Waals surface area contributed by atoms with E-state index in [1.165, 1.54) is 23.3 Å². The van der Waals surface area contributed by atoms with E-state index in [1.807, 2.05) is 19.9 Å². The average molecular weight is 943 g/mol. The van der Waals surface area contributed by atoms with E-state index >= 15 is 0 Å². The van der Waals surface area contributed by atoms with Crippen molar-refractivity contribution >= 4 is 51.3 Å². The van der Waals surface area contributed by atoms with E-state index in [4.69, 9.17) is 24.1 Å². The van der Waals surface area contributed by atoms with Crippen LogP contribution in [0.4, 0.5) is 4.79 Å². The number of carboxylic acids is 1. The van der Waals surface area contributed by atoms with Gasteiger partial charge in [0.15, 0.2) is 18.5 Å². The molecule has 64 heavy (non-hydrogen) atoms. The molecule has 1 saturated heterocycles. The number of ether oxygens (including phenoxy) is 4. The highest BCUT2D eigenvalue weighted by atomic mass is 33.1. The van der Waals surface area contributed by atoms with Crippen molar-refractivity contribution in [2.75, 3.05) is 37.9 Å². The number of rotatable bonds is 23. The summed E-state index contributed by atoms with van der Waals surface area (Å²) in [6, 6.07) is -1.27. The maximum atomic E-state index is 14.4. The van der Waals surface area contributed by atoms with E-state index in [9.17, 15) is 54.6 Å². The first-order valence-corrected chi connectivity index (χ1v) is 24.5. The summed E-state index contributed by atoms with van der Waals surface area (Å²) in [6.07, 6.45) is 0.127. The summed E-state index contributed by atoms with van der Waals surface area (Å²) in [5, 5.41) is 74.3. The molecule has 20 heteroatoms. The number of allylic oxidation sites excluding steroid dienone is 5. The molecule has 1 aliphatic heterocycles. The van der Waals surface area contributed by atoms with Gasteiger partial charge in [-0.1, -0.05) is 86.1 Å². The lowest BCUT2D eigenvalue weighted by molar-refractivity contribution is -0.200. The van der Waals surface area contributed by atoms with Crippen molar-refractivity contribution in [2.24, 2.45) is 34.5 Å². The average Bonchev–Trinajstić information content (AvgIpc) is 3.74. The molecule has 1 unspecified atom stereocenters. The van der Waals surface area contributed by atoms with Gasteiger partial charge in [0.1, 0.15) is 31.0 Å². The van der Waals surface area contributed by atoms with Gasteiger partial charge in [-0.3, -0.25) is 14.4 Å². The third kappa shape index (κ3) is 11.0. The second-order valence-electron chi connectivity index (χ2n) is 18.2. The van der Waals surface area contributed by atoms with E-state index in [1.54, 1.807) is 0 Å². The van der Waals surface area contributed by atoms with Crippen LogP contribution >= 0.6 is 21.6 Å². The Kier molecular flexibility index (Phi) is 18.0. The molecular weight excluding hydrogens is 877 g/mol. The first-order valence-electron chi connectivity index (χ1n) is 22.0. The standard InChI is InChI=1S/C44H66N2O16S2/c1-6-7-35-61-33-17-27-26-10-9-25-16-23(2)12-13-42(25,4)36(26)29(48)18-43(27,5)44(33,62-35)32(51)21-60-41(58)59-14-15-63-64-22-28(40(56)57)46-39(55)24(3)8-11-34(52)45-19-30(49)37(53)38(54)31(50)20-47/h12-13,16,24,26-31,33,35-38,47-50,53-54H,2,6-11,14-15,17-22H2,1,3-5H3,(H,45,52)(H,46,55)(H,56,57)/t24-,26-,27-,28-,29-,30-,31+,33+,35?,36+,37+,38+,42-,43-,44+/m0/s1.